The maximum atomic E-state index is 5.93. The number of nitrogens with zero attached hydrogens (tertiary/aromatic N) is 4. The minimum atomic E-state index is 0.0979. The Labute approximate surface area is 186 Å². The molecule has 7 nitrogen and oxygen atoms in total. The van der Waals surface area contributed by atoms with Crippen LogP contribution >= 0.6 is 0 Å². The molecule has 2 heterocycles. The van der Waals surface area contributed by atoms with Crippen LogP contribution < -0.4 is 19.7 Å². The predicted molar refractivity (Wildman–Crippen MR) is 125 cm³/mol. The topological polar surface area (TPSA) is 62.8 Å². The molecule has 0 saturated carbocycles. The molecule has 1 aromatic carbocycles. The highest BCUT2D eigenvalue weighted by Crippen LogP contribution is 2.30. The molecule has 170 valence electrons. The maximum absolute atomic E-state index is 5.93. The largest absolute Gasteiger partial charge is 0.493 e. The third-order valence-corrected chi connectivity index (χ3v) is 5.42. The van der Waals surface area contributed by atoms with Gasteiger partial charge in [-0.2, -0.15) is 0 Å². The van der Waals surface area contributed by atoms with E-state index in [0.29, 0.717) is 5.92 Å². The summed E-state index contributed by atoms with van der Waals surface area (Å²) in [6, 6.07) is 8.24. The lowest BCUT2D eigenvalue weighted by Gasteiger charge is -2.24. The first kappa shape index (κ1) is 23.3. The average molecular weight is 428 g/mol. The van der Waals surface area contributed by atoms with Crippen LogP contribution in [0, 0.1) is 0 Å². The van der Waals surface area contributed by atoms with Crippen LogP contribution in [0.25, 0.3) is 0 Å². The van der Waals surface area contributed by atoms with E-state index in [1.165, 1.54) is 5.56 Å². The molecule has 0 radical (unpaired) electrons. The SMILES string of the molecule is COc1ccc(CN(C)Cc2cc(N(C)C)nc(C3CCNCC3)n2)cc1OC(C)C. The molecule has 1 fully saturated rings. The highest BCUT2D eigenvalue weighted by Gasteiger charge is 2.20. The van der Waals surface area contributed by atoms with Gasteiger partial charge in [-0.25, -0.2) is 9.97 Å². The molecule has 0 unspecified atom stereocenters. The third-order valence-electron chi connectivity index (χ3n) is 5.42. The minimum absolute atomic E-state index is 0.0979. The van der Waals surface area contributed by atoms with Gasteiger partial charge < -0.3 is 19.7 Å². The molecule has 0 aliphatic carbocycles. The van der Waals surface area contributed by atoms with E-state index < -0.39 is 0 Å². The molecule has 0 amide bonds. The van der Waals surface area contributed by atoms with Gasteiger partial charge in [0.25, 0.3) is 0 Å². The summed E-state index contributed by atoms with van der Waals surface area (Å²) < 4.78 is 11.4. The number of aromatic nitrogens is 2. The Morgan fingerprint density at radius 1 is 1.03 bits per heavy atom. The summed E-state index contributed by atoms with van der Waals surface area (Å²) in [5, 5.41) is 3.43. The zero-order chi connectivity index (χ0) is 22.4. The summed E-state index contributed by atoms with van der Waals surface area (Å²) in [6.07, 6.45) is 2.29. The lowest BCUT2D eigenvalue weighted by molar-refractivity contribution is 0.229. The number of piperidine rings is 1. The van der Waals surface area contributed by atoms with Crippen molar-refractivity contribution in [3.8, 4) is 11.5 Å². The Bertz CT molecular complexity index is 850. The van der Waals surface area contributed by atoms with Gasteiger partial charge in [-0.05, 0) is 64.5 Å². The van der Waals surface area contributed by atoms with Gasteiger partial charge in [0, 0.05) is 39.2 Å². The molecule has 0 spiro atoms. The van der Waals surface area contributed by atoms with Crippen LogP contribution in [-0.2, 0) is 13.1 Å². The molecule has 0 bridgehead atoms. The summed E-state index contributed by atoms with van der Waals surface area (Å²) >= 11 is 0. The maximum Gasteiger partial charge on any atom is 0.161 e. The van der Waals surface area contributed by atoms with E-state index in [1.807, 2.05) is 34.0 Å². The Balaban J connectivity index is 1.75. The molecule has 7 heteroatoms. The van der Waals surface area contributed by atoms with Crippen LogP contribution in [0.4, 0.5) is 5.82 Å². The van der Waals surface area contributed by atoms with Gasteiger partial charge in [-0.3, -0.25) is 4.90 Å². The lowest BCUT2D eigenvalue weighted by Crippen LogP contribution is -2.28. The molecule has 1 N–H and O–H groups in total. The summed E-state index contributed by atoms with van der Waals surface area (Å²) in [7, 11) is 7.87. The van der Waals surface area contributed by atoms with Crippen LogP contribution in [0.3, 0.4) is 0 Å². The Morgan fingerprint density at radius 3 is 2.42 bits per heavy atom. The van der Waals surface area contributed by atoms with Crippen LogP contribution in [0.1, 0.15) is 49.7 Å². The molecule has 1 aliphatic rings. The second kappa shape index (κ2) is 10.8. The molecule has 1 aromatic heterocycles. The number of benzene rings is 1. The second-order valence-corrected chi connectivity index (χ2v) is 8.82. The van der Waals surface area contributed by atoms with Crippen molar-refractivity contribution < 1.29 is 9.47 Å². The fraction of sp³-hybridized carbons (Fsp3) is 0.583. The lowest BCUT2D eigenvalue weighted by atomic mass is 9.97. The molecular weight excluding hydrogens is 390 g/mol. The molecule has 31 heavy (non-hydrogen) atoms. The first-order chi connectivity index (χ1) is 14.9. The number of hydrogen-bond donors (Lipinski definition) is 1. The predicted octanol–water partition coefficient (Wildman–Crippen LogP) is 3.44. The minimum Gasteiger partial charge on any atom is -0.493 e. The van der Waals surface area contributed by atoms with Gasteiger partial charge in [0.2, 0.25) is 0 Å². The van der Waals surface area contributed by atoms with Crippen molar-refractivity contribution in [2.45, 2.75) is 51.8 Å². The number of methoxy groups -OCH3 is 1. The number of anilines is 1. The van der Waals surface area contributed by atoms with Gasteiger partial charge in [-0.15, -0.1) is 0 Å². The normalized spacial score (nSPS) is 14.8. The Kier molecular flexibility index (Phi) is 8.09. The first-order valence-electron chi connectivity index (χ1n) is 11.1. The number of ether oxygens (including phenoxy) is 2. The fourth-order valence-corrected chi connectivity index (χ4v) is 3.89. The van der Waals surface area contributed by atoms with E-state index >= 15 is 0 Å². The summed E-state index contributed by atoms with van der Waals surface area (Å²) in [4.78, 5) is 14.1. The van der Waals surface area contributed by atoms with E-state index in [2.05, 4.69) is 40.4 Å². The summed E-state index contributed by atoms with van der Waals surface area (Å²) in [6.45, 7) is 7.67. The highest BCUT2D eigenvalue weighted by molar-refractivity contribution is 5.43. The molecule has 2 aromatic rings. The van der Waals surface area contributed by atoms with E-state index in [0.717, 1.165) is 67.9 Å². The number of rotatable bonds is 9. The van der Waals surface area contributed by atoms with Crippen molar-refractivity contribution in [1.29, 1.82) is 0 Å². The molecule has 0 atom stereocenters. The first-order valence-corrected chi connectivity index (χ1v) is 11.1. The van der Waals surface area contributed by atoms with Gasteiger partial charge in [0.1, 0.15) is 11.6 Å². The number of nitrogens with one attached hydrogen (secondary N) is 1. The van der Waals surface area contributed by atoms with Gasteiger partial charge >= 0.3 is 0 Å². The zero-order valence-corrected chi connectivity index (χ0v) is 19.8. The quantitative estimate of drug-likeness (QED) is 0.658. The van der Waals surface area contributed by atoms with Crippen LogP contribution in [-0.4, -0.2) is 62.3 Å². The van der Waals surface area contributed by atoms with E-state index in [9.17, 15) is 0 Å². The van der Waals surface area contributed by atoms with Crippen molar-refractivity contribution >= 4 is 5.82 Å². The van der Waals surface area contributed by atoms with E-state index in [4.69, 9.17) is 19.4 Å². The Hall–Kier alpha value is -2.38. The summed E-state index contributed by atoms with van der Waals surface area (Å²) in [5.74, 6) is 3.94. The molecule has 1 saturated heterocycles. The van der Waals surface area contributed by atoms with Crippen molar-refractivity contribution in [3.63, 3.8) is 0 Å². The third kappa shape index (κ3) is 6.55. The van der Waals surface area contributed by atoms with Gasteiger partial charge in [0.15, 0.2) is 11.5 Å². The van der Waals surface area contributed by atoms with E-state index in [-0.39, 0.29) is 6.10 Å². The zero-order valence-electron chi connectivity index (χ0n) is 19.8. The Morgan fingerprint density at radius 2 is 1.77 bits per heavy atom. The standard InChI is InChI=1S/C24H37N5O2/c1-17(2)31-22-13-18(7-8-21(22)30-6)15-29(5)16-20-14-23(28(3)4)27-24(26-20)19-9-11-25-12-10-19/h7-8,13-14,17,19,25H,9-12,15-16H2,1-6H3. The van der Waals surface area contributed by atoms with Gasteiger partial charge in [-0.1, -0.05) is 6.07 Å². The molecule has 1 aliphatic heterocycles. The average Bonchev–Trinajstić information content (AvgIpc) is 2.74. The summed E-state index contributed by atoms with van der Waals surface area (Å²) in [5.41, 5.74) is 2.24. The highest BCUT2D eigenvalue weighted by atomic mass is 16.5. The van der Waals surface area contributed by atoms with Gasteiger partial charge in [0.05, 0.1) is 18.9 Å². The van der Waals surface area contributed by atoms with Crippen LogP contribution in [0.2, 0.25) is 0 Å². The van der Waals surface area contributed by atoms with Crippen LogP contribution in [0.15, 0.2) is 24.3 Å². The fourth-order valence-electron chi connectivity index (χ4n) is 3.89. The van der Waals surface area contributed by atoms with Crippen molar-refractivity contribution in [2.24, 2.45) is 0 Å². The van der Waals surface area contributed by atoms with Crippen LogP contribution in [0.5, 0.6) is 11.5 Å². The van der Waals surface area contributed by atoms with E-state index in [1.54, 1.807) is 7.11 Å². The second-order valence-electron chi connectivity index (χ2n) is 8.82. The van der Waals surface area contributed by atoms with Crippen molar-refractivity contribution in [1.82, 2.24) is 20.2 Å². The van der Waals surface area contributed by atoms with Crippen molar-refractivity contribution in [2.75, 3.05) is 46.2 Å². The smallest absolute Gasteiger partial charge is 0.161 e. The molecule has 3 rings (SSSR count). The monoisotopic (exact) mass is 427 g/mol. The van der Waals surface area contributed by atoms with Crippen molar-refractivity contribution in [3.05, 3.63) is 41.3 Å². The molecular formula is C24H37N5O2. The number of hydrogen-bond acceptors (Lipinski definition) is 7.